The number of hydrogen-bond donors (Lipinski definition) is 1. The largest absolute Gasteiger partial charge is 0.355 e. The fraction of sp³-hybridized carbons (Fsp3) is 0.875. The van der Waals surface area contributed by atoms with Gasteiger partial charge in [0.05, 0.1) is 5.92 Å². The van der Waals surface area contributed by atoms with Crippen molar-refractivity contribution in [2.45, 2.75) is 63.8 Å². The summed E-state index contributed by atoms with van der Waals surface area (Å²) in [6.45, 7) is 1.48. The molecule has 3 rings (SSSR count). The lowest BCUT2D eigenvalue weighted by Crippen LogP contribution is -2.48. The van der Waals surface area contributed by atoms with Gasteiger partial charge in [0.2, 0.25) is 11.8 Å². The van der Waals surface area contributed by atoms with Gasteiger partial charge in [-0.05, 0) is 38.0 Å². The number of amides is 2. The lowest BCUT2D eigenvalue weighted by molar-refractivity contribution is -0.139. The lowest BCUT2D eigenvalue weighted by Gasteiger charge is -2.36. The standard InChI is InChI=1S/C16H26N2O2/c19-15-9-8-13(11-17-15)16(20)18-10-4-7-14(18)12-5-2-1-3-6-12/h12-14H,1-11H2,(H,17,19)/t13-,14-/m0/s1. The maximum atomic E-state index is 12.7. The van der Waals surface area contributed by atoms with E-state index in [-0.39, 0.29) is 11.8 Å². The van der Waals surface area contributed by atoms with Gasteiger partial charge in [-0.15, -0.1) is 0 Å². The van der Waals surface area contributed by atoms with E-state index in [0.29, 0.717) is 24.9 Å². The van der Waals surface area contributed by atoms with Gasteiger partial charge in [-0.3, -0.25) is 9.59 Å². The zero-order valence-electron chi connectivity index (χ0n) is 12.3. The number of hydrogen-bond acceptors (Lipinski definition) is 2. The normalized spacial score (nSPS) is 32.2. The smallest absolute Gasteiger partial charge is 0.227 e. The molecule has 2 heterocycles. The number of likely N-dealkylation sites (tertiary alicyclic amines) is 1. The minimum Gasteiger partial charge on any atom is -0.355 e. The number of piperidine rings is 1. The molecule has 2 atom stereocenters. The summed E-state index contributed by atoms with van der Waals surface area (Å²) in [6.07, 6.45) is 10.2. The first-order valence-electron chi connectivity index (χ1n) is 8.33. The Bertz CT molecular complexity index is 367. The molecule has 0 bridgehead atoms. The first-order chi connectivity index (χ1) is 9.75. The highest BCUT2D eigenvalue weighted by Gasteiger charge is 2.38. The predicted octanol–water partition coefficient (Wildman–Crippen LogP) is 2.08. The molecule has 0 unspecified atom stereocenters. The van der Waals surface area contributed by atoms with Gasteiger partial charge >= 0.3 is 0 Å². The SMILES string of the molecule is O=C1CC[C@H](C(=O)N2CCC[C@H]2C2CCCCC2)CN1. The summed E-state index contributed by atoms with van der Waals surface area (Å²) in [4.78, 5) is 26.1. The molecule has 4 heteroatoms. The molecule has 3 aliphatic rings. The van der Waals surface area contributed by atoms with E-state index in [4.69, 9.17) is 0 Å². The number of nitrogens with one attached hydrogen (secondary N) is 1. The van der Waals surface area contributed by atoms with Crippen LogP contribution in [0.4, 0.5) is 0 Å². The van der Waals surface area contributed by atoms with Gasteiger partial charge in [0, 0.05) is 25.6 Å². The van der Waals surface area contributed by atoms with E-state index in [1.165, 1.54) is 38.5 Å². The summed E-state index contributed by atoms with van der Waals surface area (Å²) in [5.74, 6) is 1.16. The maximum Gasteiger partial charge on any atom is 0.227 e. The second-order valence-corrected chi connectivity index (χ2v) is 6.68. The Morgan fingerprint density at radius 3 is 2.55 bits per heavy atom. The van der Waals surface area contributed by atoms with E-state index in [9.17, 15) is 9.59 Å². The number of carbonyl (C=O) groups excluding carboxylic acids is 2. The van der Waals surface area contributed by atoms with Crippen molar-refractivity contribution in [1.82, 2.24) is 10.2 Å². The Balaban J connectivity index is 1.62. The van der Waals surface area contributed by atoms with Crippen LogP contribution in [-0.4, -0.2) is 35.8 Å². The average molecular weight is 278 g/mol. The quantitative estimate of drug-likeness (QED) is 0.841. The predicted molar refractivity (Wildman–Crippen MR) is 77.0 cm³/mol. The highest BCUT2D eigenvalue weighted by Crippen LogP contribution is 2.35. The number of rotatable bonds is 2. The van der Waals surface area contributed by atoms with Crippen molar-refractivity contribution in [3.63, 3.8) is 0 Å². The number of carbonyl (C=O) groups is 2. The van der Waals surface area contributed by atoms with Gasteiger partial charge in [-0.2, -0.15) is 0 Å². The van der Waals surface area contributed by atoms with Crippen LogP contribution in [0.5, 0.6) is 0 Å². The Kier molecular flexibility index (Phi) is 4.27. The Labute approximate surface area is 121 Å². The summed E-state index contributed by atoms with van der Waals surface area (Å²) in [6, 6.07) is 0.487. The molecule has 20 heavy (non-hydrogen) atoms. The zero-order valence-corrected chi connectivity index (χ0v) is 12.3. The van der Waals surface area contributed by atoms with Gasteiger partial charge in [-0.25, -0.2) is 0 Å². The molecule has 0 aromatic rings. The minimum absolute atomic E-state index is 0.0249. The van der Waals surface area contributed by atoms with Gasteiger partial charge < -0.3 is 10.2 Å². The van der Waals surface area contributed by atoms with Crippen molar-refractivity contribution < 1.29 is 9.59 Å². The third-order valence-electron chi connectivity index (χ3n) is 5.39. The molecule has 0 spiro atoms. The van der Waals surface area contributed by atoms with Crippen molar-refractivity contribution in [2.24, 2.45) is 11.8 Å². The monoisotopic (exact) mass is 278 g/mol. The summed E-state index contributed by atoms with van der Waals surface area (Å²) >= 11 is 0. The van der Waals surface area contributed by atoms with Crippen LogP contribution in [0, 0.1) is 11.8 Å². The topological polar surface area (TPSA) is 49.4 Å². The summed E-state index contributed by atoms with van der Waals surface area (Å²) in [5.41, 5.74) is 0. The molecule has 2 aliphatic heterocycles. The molecule has 0 radical (unpaired) electrons. The Hall–Kier alpha value is -1.06. The molecule has 1 saturated carbocycles. The molecular weight excluding hydrogens is 252 g/mol. The van der Waals surface area contributed by atoms with Crippen molar-refractivity contribution in [1.29, 1.82) is 0 Å². The molecule has 4 nitrogen and oxygen atoms in total. The van der Waals surface area contributed by atoms with E-state index in [1.807, 2.05) is 0 Å². The van der Waals surface area contributed by atoms with E-state index in [1.54, 1.807) is 0 Å². The summed E-state index contributed by atoms with van der Waals surface area (Å²) in [7, 11) is 0. The summed E-state index contributed by atoms with van der Waals surface area (Å²) < 4.78 is 0. The van der Waals surface area contributed by atoms with Crippen LogP contribution in [0.25, 0.3) is 0 Å². The van der Waals surface area contributed by atoms with Crippen molar-refractivity contribution in [3.8, 4) is 0 Å². The average Bonchev–Trinajstić information content (AvgIpc) is 2.97. The van der Waals surface area contributed by atoms with E-state index in [0.717, 1.165) is 25.3 Å². The van der Waals surface area contributed by atoms with Crippen LogP contribution in [0.3, 0.4) is 0 Å². The fourth-order valence-corrected chi connectivity index (χ4v) is 4.25. The molecule has 112 valence electrons. The first-order valence-corrected chi connectivity index (χ1v) is 8.33. The van der Waals surface area contributed by atoms with Crippen molar-refractivity contribution >= 4 is 11.8 Å². The molecule has 2 saturated heterocycles. The molecule has 2 amide bonds. The van der Waals surface area contributed by atoms with Crippen molar-refractivity contribution in [2.75, 3.05) is 13.1 Å². The molecule has 3 fully saturated rings. The second kappa shape index (κ2) is 6.15. The fourth-order valence-electron chi connectivity index (χ4n) is 4.25. The van der Waals surface area contributed by atoms with E-state index in [2.05, 4.69) is 10.2 Å². The minimum atomic E-state index is 0.0249. The first kappa shape index (κ1) is 13.9. The highest BCUT2D eigenvalue weighted by molar-refractivity contribution is 5.84. The maximum absolute atomic E-state index is 12.7. The molecule has 1 N–H and O–H groups in total. The van der Waals surface area contributed by atoms with Crippen LogP contribution in [0.2, 0.25) is 0 Å². The molecular formula is C16H26N2O2. The number of nitrogens with zero attached hydrogens (tertiary/aromatic N) is 1. The van der Waals surface area contributed by atoms with Gasteiger partial charge in [0.1, 0.15) is 0 Å². The third-order valence-corrected chi connectivity index (χ3v) is 5.39. The van der Waals surface area contributed by atoms with E-state index >= 15 is 0 Å². The van der Waals surface area contributed by atoms with Gasteiger partial charge in [-0.1, -0.05) is 19.3 Å². The highest BCUT2D eigenvalue weighted by atomic mass is 16.2. The third kappa shape index (κ3) is 2.84. The lowest BCUT2D eigenvalue weighted by atomic mass is 9.82. The van der Waals surface area contributed by atoms with Crippen LogP contribution in [0.15, 0.2) is 0 Å². The van der Waals surface area contributed by atoms with Crippen LogP contribution < -0.4 is 5.32 Å². The molecule has 0 aromatic carbocycles. The Morgan fingerprint density at radius 1 is 1.05 bits per heavy atom. The van der Waals surface area contributed by atoms with Crippen LogP contribution in [0.1, 0.15) is 57.8 Å². The van der Waals surface area contributed by atoms with Gasteiger partial charge in [0.25, 0.3) is 0 Å². The van der Waals surface area contributed by atoms with Crippen molar-refractivity contribution in [3.05, 3.63) is 0 Å². The summed E-state index contributed by atoms with van der Waals surface area (Å²) in [5, 5.41) is 2.84. The van der Waals surface area contributed by atoms with E-state index < -0.39 is 0 Å². The zero-order chi connectivity index (χ0) is 13.9. The molecule has 1 aliphatic carbocycles. The second-order valence-electron chi connectivity index (χ2n) is 6.68. The van der Waals surface area contributed by atoms with Crippen LogP contribution in [-0.2, 0) is 9.59 Å². The van der Waals surface area contributed by atoms with Gasteiger partial charge in [0.15, 0.2) is 0 Å². The Morgan fingerprint density at radius 2 is 1.85 bits per heavy atom. The molecule has 0 aromatic heterocycles. The van der Waals surface area contributed by atoms with Crippen LogP contribution >= 0.6 is 0 Å².